The van der Waals surface area contributed by atoms with Crippen molar-refractivity contribution in [1.29, 1.82) is 0 Å². The quantitative estimate of drug-likeness (QED) is 0.853. The third-order valence-corrected chi connectivity index (χ3v) is 3.72. The van der Waals surface area contributed by atoms with Crippen molar-refractivity contribution in [3.63, 3.8) is 0 Å². The fourth-order valence-corrected chi connectivity index (χ4v) is 2.53. The van der Waals surface area contributed by atoms with Crippen LogP contribution in [0.4, 0.5) is 10.1 Å². The van der Waals surface area contributed by atoms with E-state index in [1.54, 1.807) is 12.1 Å². The predicted molar refractivity (Wildman–Crippen MR) is 85.3 cm³/mol. The Kier molecular flexibility index (Phi) is 3.75. The van der Waals surface area contributed by atoms with E-state index in [1.165, 1.54) is 11.6 Å². The lowest BCUT2D eigenvalue weighted by Crippen LogP contribution is -2.24. The molecular weight excluding hydrogens is 287 g/mol. The molecule has 1 aliphatic heterocycles. The van der Waals surface area contributed by atoms with Gasteiger partial charge < -0.3 is 15.8 Å². The van der Waals surface area contributed by atoms with Gasteiger partial charge in [-0.15, -0.1) is 0 Å². The van der Waals surface area contributed by atoms with Crippen LogP contribution in [0.1, 0.15) is 11.1 Å². The van der Waals surface area contributed by atoms with E-state index in [0.29, 0.717) is 17.8 Å². The van der Waals surface area contributed by atoms with Crippen molar-refractivity contribution in [2.75, 3.05) is 11.9 Å². The number of fused-ring (bicyclic) bond motifs is 1. The molecule has 0 fully saturated rings. The number of para-hydroxylation sites is 1. The number of nitrogens with two attached hydrogens (primary N) is 1. The Morgan fingerprint density at radius 2 is 2.14 bits per heavy atom. The van der Waals surface area contributed by atoms with Crippen LogP contribution in [0.15, 0.2) is 42.5 Å². The molecule has 2 aromatic carbocycles. The van der Waals surface area contributed by atoms with Crippen molar-refractivity contribution in [2.24, 2.45) is 5.73 Å². The van der Waals surface area contributed by atoms with E-state index in [4.69, 9.17) is 22.7 Å². The number of benzene rings is 2. The monoisotopic (exact) mass is 302 g/mol. The summed E-state index contributed by atoms with van der Waals surface area (Å²) in [7, 11) is 0. The van der Waals surface area contributed by atoms with Gasteiger partial charge in [-0.3, -0.25) is 0 Å². The molecule has 1 unspecified atom stereocenters. The molecule has 0 radical (unpaired) electrons. The molecule has 0 amide bonds. The molecule has 108 valence electrons. The van der Waals surface area contributed by atoms with E-state index in [0.717, 1.165) is 12.2 Å². The first-order valence-electron chi connectivity index (χ1n) is 6.71. The summed E-state index contributed by atoms with van der Waals surface area (Å²) in [6.07, 6.45) is 0.840. The van der Waals surface area contributed by atoms with Crippen molar-refractivity contribution in [2.45, 2.75) is 12.5 Å². The molecule has 5 heteroatoms. The van der Waals surface area contributed by atoms with Gasteiger partial charge in [0.25, 0.3) is 0 Å². The third-order valence-electron chi connectivity index (χ3n) is 3.49. The molecule has 1 atom stereocenters. The zero-order valence-electron chi connectivity index (χ0n) is 11.3. The first kappa shape index (κ1) is 13.8. The zero-order chi connectivity index (χ0) is 14.8. The van der Waals surface area contributed by atoms with E-state index in [2.05, 4.69) is 5.32 Å². The van der Waals surface area contributed by atoms with Gasteiger partial charge in [0.15, 0.2) is 0 Å². The van der Waals surface area contributed by atoms with Gasteiger partial charge in [0, 0.05) is 12.0 Å². The largest absolute Gasteiger partial charge is 0.488 e. The minimum absolute atomic E-state index is 0.0112. The Balaban J connectivity index is 1.63. The summed E-state index contributed by atoms with van der Waals surface area (Å²) in [4.78, 5) is 0.190. The third kappa shape index (κ3) is 2.97. The van der Waals surface area contributed by atoms with Gasteiger partial charge in [-0.25, -0.2) is 4.39 Å². The lowest BCUT2D eigenvalue weighted by molar-refractivity contribution is 0.246. The molecule has 3 N–H and O–H groups in total. The summed E-state index contributed by atoms with van der Waals surface area (Å²) in [6, 6.07) is 12.6. The summed E-state index contributed by atoms with van der Waals surface area (Å²) in [5.41, 5.74) is 7.62. The molecule has 0 aliphatic carbocycles. The predicted octanol–water partition coefficient (Wildman–Crippen LogP) is 2.88. The molecule has 0 saturated carbocycles. The molecule has 1 aliphatic rings. The number of ether oxygens (including phenoxy) is 1. The number of hydrogen-bond donors (Lipinski definition) is 2. The number of anilines is 1. The Morgan fingerprint density at radius 1 is 1.33 bits per heavy atom. The highest BCUT2D eigenvalue weighted by molar-refractivity contribution is 7.80. The molecule has 0 spiro atoms. The van der Waals surface area contributed by atoms with Gasteiger partial charge in [-0.05, 0) is 29.8 Å². The van der Waals surface area contributed by atoms with Crippen molar-refractivity contribution in [3.8, 4) is 5.75 Å². The lowest BCUT2D eigenvalue weighted by Gasteiger charge is -2.14. The van der Waals surface area contributed by atoms with Gasteiger partial charge in [0.1, 0.15) is 22.7 Å². The van der Waals surface area contributed by atoms with Crippen LogP contribution in [0.2, 0.25) is 0 Å². The Hall–Kier alpha value is -2.14. The van der Waals surface area contributed by atoms with Gasteiger partial charge in [0.05, 0.1) is 12.2 Å². The standard InChI is InChI=1S/C16H15FN2OS/c17-13-8-11(16(18)21)5-6-14(13)19-9-12-7-10-3-1-2-4-15(10)20-12/h1-6,8,12,19H,7,9H2,(H2,18,21). The summed E-state index contributed by atoms with van der Waals surface area (Å²) in [5, 5.41) is 3.07. The van der Waals surface area contributed by atoms with Crippen LogP contribution in [0.5, 0.6) is 5.75 Å². The highest BCUT2D eigenvalue weighted by Crippen LogP contribution is 2.28. The minimum atomic E-state index is -0.365. The molecule has 0 aromatic heterocycles. The average Bonchev–Trinajstić information content (AvgIpc) is 2.88. The molecular formula is C16H15FN2OS. The van der Waals surface area contributed by atoms with E-state index in [9.17, 15) is 4.39 Å². The lowest BCUT2D eigenvalue weighted by atomic mass is 10.1. The van der Waals surface area contributed by atoms with E-state index in [1.807, 2.05) is 24.3 Å². The molecule has 0 bridgehead atoms. The second-order valence-electron chi connectivity index (χ2n) is 4.99. The van der Waals surface area contributed by atoms with Crippen LogP contribution in [-0.2, 0) is 6.42 Å². The minimum Gasteiger partial charge on any atom is -0.488 e. The number of hydrogen-bond acceptors (Lipinski definition) is 3. The van der Waals surface area contributed by atoms with E-state index < -0.39 is 0 Å². The number of halogens is 1. The SMILES string of the molecule is NC(=S)c1ccc(NCC2Cc3ccccc3O2)c(F)c1. The molecule has 3 rings (SSSR count). The zero-order valence-corrected chi connectivity index (χ0v) is 12.1. The van der Waals surface area contributed by atoms with Crippen LogP contribution in [0.3, 0.4) is 0 Å². The second kappa shape index (κ2) is 5.69. The highest BCUT2D eigenvalue weighted by atomic mass is 32.1. The van der Waals surface area contributed by atoms with Gasteiger partial charge in [-0.1, -0.05) is 30.4 Å². The van der Waals surface area contributed by atoms with E-state index in [-0.39, 0.29) is 16.9 Å². The summed E-state index contributed by atoms with van der Waals surface area (Å²) in [6.45, 7) is 0.540. The first-order chi connectivity index (χ1) is 10.1. The normalized spacial score (nSPS) is 16.1. The summed E-state index contributed by atoms with van der Waals surface area (Å²) < 4.78 is 19.7. The second-order valence-corrected chi connectivity index (χ2v) is 5.43. The number of nitrogens with one attached hydrogen (secondary N) is 1. The average molecular weight is 302 g/mol. The van der Waals surface area contributed by atoms with Gasteiger partial charge in [0.2, 0.25) is 0 Å². The maximum Gasteiger partial charge on any atom is 0.146 e. The molecule has 2 aromatic rings. The fraction of sp³-hybridized carbons (Fsp3) is 0.188. The van der Waals surface area contributed by atoms with Gasteiger partial charge >= 0.3 is 0 Å². The van der Waals surface area contributed by atoms with Crippen LogP contribution in [-0.4, -0.2) is 17.6 Å². The van der Waals surface area contributed by atoms with Crippen LogP contribution in [0, 0.1) is 5.82 Å². The fourth-order valence-electron chi connectivity index (χ4n) is 2.40. The van der Waals surface area contributed by atoms with Crippen LogP contribution < -0.4 is 15.8 Å². The van der Waals surface area contributed by atoms with Crippen LogP contribution in [0.25, 0.3) is 0 Å². The van der Waals surface area contributed by atoms with Crippen molar-refractivity contribution >= 4 is 22.9 Å². The smallest absolute Gasteiger partial charge is 0.146 e. The Bertz CT molecular complexity index is 665. The van der Waals surface area contributed by atoms with Crippen molar-refractivity contribution in [1.82, 2.24) is 0 Å². The van der Waals surface area contributed by atoms with Gasteiger partial charge in [-0.2, -0.15) is 0 Å². The van der Waals surface area contributed by atoms with Crippen molar-refractivity contribution < 1.29 is 9.13 Å². The topological polar surface area (TPSA) is 47.3 Å². The number of thiocarbonyl (C=S) groups is 1. The van der Waals surface area contributed by atoms with Crippen molar-refractivity contribution in [3.05, 3.63) is 59.4 Å². The molecule has 21 heavy (non-hydrogen) atoms. The molecule has 3 nitrogen and oxygen atoms in total. The van der Waals surface area contributed by atoms with Crippen LogP contribution >= 0.6 is 12.2 Å². The first-order valence-corrected chi connectivity index (χ1v) is 7.12. The maximum atomic E-state index is 13.9. The summed E-state index contributed by atoms with van der Waals surface area (Å²) >= 11 is 4.83. The molecule has 0 saturated heterocycles. The van der Waals surface area contributed by atoms with E-state index >= 15 is 0 Å². The highest BCUT2D eigenvalue weighted by Gasteiger charge is 2.22. The maximum absolute atomic E-state index is 13.9. The number of rotatable bonds is 4. The molecule has 1 heterocycles. The Labute approximate surface area is 127 Å². The summed E-state index contributed by atoms with van der Waals surface area (Å²) in [5.74, 6) is 0.546. The Morgan fingerprint density at radius 3 is 2.86 bits per heavy atom.